The highest BCUT2D eigenvalue weighted by atomic mass is 32.1. The molecule has 5 aromatic carbocycles. The molecule has 1 spiro atoms. The third-order valence-electron chi connectivity index (χ3n) is 9.94. The first kappa shape index (κ1) is 26.3. The Labute approximate surface area is 266 Å². The summed E-state index contributed by atoms with van der Waals surface area (Å²) < 4.78 is 2.34. The van der Waals surface area contributed by atoms with Gasteiger partial charge in [0.1, 0.15) is 0 Å². The van der Waals surface area contributed by atoms with Crippen LogP contribution in [-0.4, -0.2) is 9.97 Å². The van der Waals surface area contributed by atoms with Gasteiger partial charge in [0.2, 0.25) is 0 Å². The van der Waals surface area contributed by atoms with Crippen LogP contribution in [0.25, 0.3) is 65.2 Å². The topological polar surface area (TPSA) is 49.6 Å². The fraction of sp³-hybridized carbons (Fsp3) is 0.146. The van der Waals surface area contributed by atoms with E-state index in [1.165, 1.54) is 57.2 Å². The molecule has 7 aromatic rings. The minimum Gasteiger partial charge on any atom is -0.226 e. The number of rotatable bonds is 3. The van der Waals surface area contributed by atoms with Crippen LogP contribution in [0.15, 0.2) is 115 Å². The lowest BCUT2D eigenvalue weighted by Gasteiger charge is -2.36. The van der Waals surface area contributed by atoms with Crippen LogP contribution in [0.5, 0.6) is 0 Å². The predicted molar refractivity (Wildman–Crippen MR) is 185 cm³/mol. The number of hydrogen-bond donors (Lipinski definition) is 0. The number of hydrogen-bond acceptors (Lipinski definition) is 4. The maximum absolute atomic E-state index is 9.75. The minimum atomic E-state index is -0.0355. The van der Waals surface area contributed by atoms with E-state index in [4.69, 9.17) is 9.97 Å². The molecule has 4 heteroatoms. The number of nitriles is 1. The molecule has 0 bridgehead atoms. The van der Waals surface area contributed by atoms with E-state index in [9.17, 15) is 5.26 Å². The van der Waals surface area contributed by atoms with E-state index < -0.39 is 0 Å². The Bertz CT molecular complexity index is 2320. The molecule has 45 heavy (non-hydrogen) atoms. The number of fused-ring (bicyclic) bond motifs is 8. The van der Waals surface area contributed by atoms with E-state index in [2.05, 4.69) is 115 Å². The molecule has 0 amide bonds. The monoisotopic (exact) mass is 595 g/mol. The zero-order valence-corrected chi connectivity index (χ0v) is 25.6. The summed E-state index contributed by atoms with van der Waals surface area (Å²) in [5.41, 5.74) is 12.5. The molecule has 214 valence electrons. The van der Waals surface area contributed by atoms with E-state index >= 15 is 0 Å². The molecule has 2 aromatic heterocycles. The van der Waals surface area contributed by atoms with Gasteiger partial charge < -0.3 is 0 Å². The lowest BCUT2D eigenvalue weighted by molar-refractivity contribution is 0.353. The quantitative estimate of drug-likeness (QED) is 0.204. The molecule has 1 saturated carbocycles. The summed E-state index contributed by atoms with van der Waals surface area (Å²) in [6.45, 7) is 0. The summed E-state index contributed by atoms with van der Waals surface area (Å²) >= 11 is 1.76. The third kappa shape index (κ3) is 4.01. The Morgan fingerprint density at radius 1 is 0.622 bits per heavy atom. The fourth-order valence-electron chi connectivity index (χ4n) is 7.86. The minimum absolute atomic E-state index is 0.0355. The molecule has 3 nitrogen and oxygen atoms in total. The Balaban J connectivity index is 1.25. The van der Waals surface area contributed by atoms with Crippen molar-refractivity contribution >= 4 is 31.6 Å². The van der Waals surface area contributed by atoms with Crippen molar-refractivity contribution < 1.29 is 0 Å². The standard InChI is InChI=1S/C41H29N3S/c42-25-26-17-19-30-31-20-18-28(24-35(31)41(34(30)23-26)21-9-2-10-22-41)29-13-5-6-14-32(29)40-43-37(27-11-3-1-4-12-27)39-38(44-40)33-15-7-8-16-36(33)45-39/h1,3-8,11-20,23-24H,2,9-10,21-22H2. The largest absolute Gasteiger partial charge is 0.226 e. The second kappa shape index (κ2) is 10.2. The van der Waals surface area contributed by atoms with Gasteiger partial charge in [-0.25, -0.2) is 9.97 Å². The van der Waals surface area contributed by atoms with Crippen LogP contribution in [-0.2, 0) is 5.41 Å². The van der Waals surface area contributed by atoms with Gasteiger partial charge in [-0.1, -0.05) is 110 Å². The molecular formula is C41H29N3S. The average molecular weight is 596 g/mol. The molecule has 0 atom stereocenters. The summed E-state index contributed by atoms with van der Waals surface area (Å²) in [7, 11) is 0. The second-order valence-corrected chi connectivity index (χ2v) is 13.4. The predicted octanol–water partition coefficient (Wildman–Crippen LogP) is 10.9. The van der Waals surface area contributed by atoms with Crippen LogP contribution in [0.1, 0.15) is 48.8 Å². The number of nitrogens with zero attached hydrogens (tertiary/aromatic N) is 3. The Morgan fingerprint density at radius 2 is 1.33 bits per heavy atom. The number of benzene rings is 5. The second-order valence-electron chi connectivity index (χ2n) is 12.4. The molecule has 2 aliphatic rings. The Hall–Kier alpha value is -5.11. The van der Waals surface area contributed by atoms with Crippen molar-refractivity contribution in [3.8, 4) is 51.0 Å². The van der Waals surface area contributed by atoms with E-state index in [1.54, 1.807) is 11.3 Å². The van der Waals surface area contributed by atoms with Crippen LogP contribution in [0.4, 0.5) is 0 Å². The van der Waals surface area contributed by atoms with Gasteiger partial charge in [-0.05, 0) is 70.5 Å². The summed E-state index contributed by atoms with van der Waals surface area (Å²) in [6.07, 6.45) is 5.94. The highest BCUT2D eigenvalue weighted by Crippen LogP contribution is 2.56. The first-order valence-corrected chi connectivity index (χ1v) is 16.6. The maximum Gasteiger partial charge on any atom is 0.161 e. The van der Waals surface area contributed by atoms with Crippen molar-refractivity contribution in [2.24, 2.45) is 0 Å². The van der Waals surface area contributed by atoms with Crippen LogP contribution < -0.4 is 0 Å². The van der Waals surface area contributed by atoms with E-state index in [0.29, 0.717) is 0 Å². The Morgan fingerprint density at radius 3 is 2.16 bits per heavy atom. The SMILES string of the molecule is N#Cc1ccc2c(c1)C1(CCCCC1)c1cc(-c3ccccc3-c3nc(-c4ccccc4)c4sc5ccccc5c4n3)ccc1-2. The highest BCUT2D eigenvalue weighted by molar-refractivity contribution is 7.26. The molecule has 0 aliphatic heterocycles. The van der Waals surface area contributed by atoms with Crippen molar-refractivity contribution in [2.75, 3.05) is 0 Å². The summed E-state index contributed by atoms with van der Waals surface area (Å²) in [6, 6.07) is 43.3. The maximum atomic E-state index is 9.75. The Kier molecular flexibility index (Phi) is 5.98. The van der Waals surface area contributed by atoms with Gasteiger partial charge in [-0.2, -0.15) is 5.26 Å². The van der Waals surface area contributed by atoms with Gasteiger partial charge in [-0.15, -0.1) is 11.3 Å². The molecule has 0 N–H and O–H groups in total. The number of aromatic nitrogens is 2. The molecule has 2 heterocycles. The fourth-order valence-corrected chi connectivity index (χ4v) is 9.01. The lowest BCUT2D eigenvalue weighted by atomic mass is 9.67. The van der Waals surface area contributed by atoms with Crippen LogP contribution in [0.2, 0.25) is 0 Å². The number of thiophene rings is 1. The van der Waals surface area contributed by atoms with Crippen molar-refractivity contribution in [3.63, 3.8) is 0 Å². The van der Waals surface area contributed by atoms with Gasteiger partial charge >= 0.3 is 0 Å². The van der Waals surface area contributed by atoms with Crippen LogP contribution in [0, 0.1) is 11.3 Å². The van der Waals surface area contributed by atoms with Crippen molar-refractivity contribution in [2.45, 2.75) is 37.5 Å². The summed E-state index contributed by atoms with van der Waals surface area (Å²) in [5, 5.41) is 10.9. The average Bonchev–Trinajstić information content (AvgIpc) is 3.61. The van der Waals surface area contributed by atoms with Gasteiger partial charge in [-0.3, -0.25) is 0 Å². The first-order chi connectivity index (χ1) is 22.2. The smallest absolute Gasteiger partial charge is 0.161 e. The molecule has 0 saturated heterocycles. The molecule has 9 rings (SSSR count). The molecule has 1 fully saturated rings. The normalized spacial score (nSPS) is 14.8. The highest BCUT2D eigenvalue weighted by Gasteiger charge is 2.44. The van der Waals surface area contributed by atoms with E-state index in [0.717, 1.165) is 56.8 Å². The molecule has 0 unspecified atom stereocenters. The van der Waals surface area contributed by atoms with Gasteiger partial charge in [0.25, 0.3) is 0 Å². The van der Waals surface area contributed by atoms with Crippen molar-refractivity contribution in [3.05, 3.63) is 132 Å². The van der Waals surface area contributed by atoms with Crippen LogP contribution >= 0.6 is 11.3 Å². The van der Waals surface area contributed by atoms with Crippen molar-refractivity contribution in [1.82, 2.24) is 9.97 Å². The van der Waals surface area contributed by atoms with E-state index in [1.807, 2.05) is 6.07 Å². The van der Waals surface area contributed by atoms with Crippen molar-refractivity contribution in [1.29, 1.82) is 5.26 Å². The van der Waals surface area contributed by atoms with E-state index in [-0.39, 0.29) is 5.41 Å². The zero-order valence-electron chi connectivity index (χ0n) is 24.8. The summed E-state index contributed by atoms with van der Waals surface area (Å²) in [5.74, 6) is 0.746. The molecular weight excluding hydrogens is 567 g/mol. The molecule has 0 radical (unpaired) electrons. The van der Waals surface area contributed by atoms with Crippen LogP contribution in [0.3, 0.4) is 0 Å². The van der Waals surface area contributed by atoms with Gasteiger partial charge in [0.15, 0.2) is 5.82 Å². The van der Waals surface area contributed by atoms with Gasteiger partial charge in [0.05, 0.1) is 27.5 Å². The summed E-state index contributed by atoms with van der Waals surface area (Å²) in [4.78, 5) is 10.6. The van der Waals surface area contributed by atoms with Gasteiger partial charge in [0, 0.05) is 26.6 Å². The third-order valence-corrected chi connectivity index (χ3v) is 11.1. The first-order valence-electron chi connectivity index (χ1n) is 15.8. The lowest BCUT2D eigenvalue weighted by Crippen LogP contribution is -2.28. The molecule has 2 aliphatic carbocycles. The zero-order chi connectivity index (χ0) is 30.0.